The van der Waals surface area contributed by atoms with Crippen LogP contribution < -0.4 is 10.1 Å². The molecular formula is C22H22N2O2. The molecule has 1 aromatic heterocycles. The van der Waals surface area contributed by atoms with E-state index >= 15 is 0 Å². The predicted octanol–water partition coefficient (Wildman–Crippen LogP) is 4.76. The molecule has 0 spiro atoms. The van der Waals surface area contributed by atoms with Crippen LogP contribution in [-0.4, -0.2) is 16.3 Å². The maximum atomic E-state index is 13.2. The van der Waals surface area contributed by atoms with Crippen molar-refractivity contribution in [1.82, 2.24) is 10.3 Å². The number of aromatic nitrogens is 1. The SMILES string of the molecule is CC(C)(C)N/C=C1\C(=O)c2ccccc2OC1c1c[nH]c2ccccc12. The van der Waals surface area contributed by atoms with Crippen LogP contribution in [0.15, 0.2) is 66.5 Å². The number of ketones is 1. The molecule has 0 fully saturated rings. The molecule has 3 aromatic rings. The van der Waals surface area contributed by atoms with Crippen LogP contribution in [0.2, 0.25) is 0 Å². The van der Waals surface area contributed by atoms with E-state index in [0.717, 1.165) is 16.5 Å². The number of ether oxygens (including phenoxy) is 1. The monoisotopic (exact) mass is 346 g/mol. The molecule has 0 amide bonds. The first-order valence-corrected chi connectivity index (χ1v) is 8.78. The normalized spacial score (nSPS) is 18.7. The second-order valence-electron chi connectivity index (χ2n) is 7.61. The van der Waals surface area contributed by atoms with Gasteiger partial charge >= 0.3 is 0 Å². The lowest BCUT2D eigenvalue weighted by Gasteiger charge is -2.29. The molecule has 132 valence electrons. The number of rotatable bonds is 2. The van der Waals surface area contributed by atoms with Gasteiger partial charge in [0.15, 0.2) is 11.9 Å². The minimum Gasteiger partial charge on any atom is -0.480 e. The summed E-state index contributed by atoms with van der Waals surface area (Å²) < 4.78 is 6.28. The molecule has 1 unspecified atom stereocenters. The summed E-state index contributed by atoms with van der Waals surface area (Å²) in [5, 5.41) is 4.38. The van der Waals surface area contributed by atoms with E-state index in [9.17, 15) is 4.79 Å². The van der Waals surface area contributed by atoms with Crippen molar-refractivity contribution < 1.29 is 9.53 Å². The molecular weight excluding hydrogens is 324 g/mol. The van der Waals surface area contributed by atoms with E-state index in [4.69, 9.17) is 4.74 Å². The van der Waals surface area contributed by atoms with Crippen LogP contribution in [0.25, 0.3) is 10.9 Å². The van der Waals surface area contributed by atoms with Crippen LogP contribution in [-0.2, 0) is 0 Å². The summed E-state index contributed by atoms with van der Waals surface area (Å²) in [5.41, 5.74) is 3.06. The number of carbonyl (C=O) groups excluding carboxylic acids is 1. The highest BCUT2D eigenvalue weighted by Crippen LogP contribution is 2.40. The Morgan fingerprint density at radius 2 is 1.81 bits per heavy atom. The molecule has 26 heavy (non-hydrogen) atoms. The fourth-order valence-corrected chi connectivity index (χ4v) is 3.20. The number of benzene rings is 2. The van der Waals surface area contributed by atoms with E-state index in [0.29, 0.717) is 16.9 Å². The zero-order valence-corrected chi connectivity index (χ0v) is 15.2. The molecule has 1 atom stereocenters. The Kier molecular flexibility index (Phi) is 3.83. The highest BCUT2D eigenvalue weighted by Gasteiger charge is 2.34. The standard InChI is InChI=1S/C22H22N2O2/c1-22(2,3)24-13-17-20(25)15-9-5-7-11-19(15)26-21(17)16-12-23-18-10-6-4-8-14(16)18/h4-13,21,23-24H,1-3H3/b17-13+. The molecule has 0 radical (unpaired) electrons. The molecule has 0 saturated carbocycles. The van der Waals surface area contributed by atoms with Gasteiger partial charge in [-0.2, -0.15) is 0 Å². The maximum absolute atomic E-state index is 13.2. The number of hydrogen-bond donors (Lipinski definition) is 2. The van der Waals surface area contributed by atoms with Gasteiger partial charge in [-0.15, -0.1) is 0 Å². The van der Waals surface area contributed by atoms with Gasteiger partial charge in [0, 0.05) is 34.4 Å². The highest BCUT2D eigenvalue weighted by atomic mass is 16.5. The summed E-state index contributed by atoms with van der Waals surface area (Å²) in [4.78, 5) is 16.5. The lowest BCUT2D eigenvalue weighted by molar-refractivity contribution is 0.0960. The predicted molar refractivity (Wildman–Crippen MR) is 103 cm³/mol. The first-order valence-electron chi connectivity index (χ1n) is 8.78. The molecule has 1 aliphatic rings. The van der Waals surface area contributed by atoms with Crippen molar-refractivity contribution in [2.24, 2.45) is 0 Å². The number of H-pyrrole nitrogens is 1. The molecule has 4 heteroatoms. The van der Waals surface area contributed by atoms with Gasteiger partial charge in [-0.05, 0) is 39.0 Å². The first kappa shape index (κ1) is 16.5. The number of Topliss-reactive ketones (excluding diaryl/α,β-unsaturated/α-hetero) is 1. The average Bonchev–Trinajstić information content (AvgIpc) is 3.04. The van der Waals surface area contributed by atoms with Crippen LogP contribution in [0.1, 0.15) is 42.8 Å². The molecule has 2 N–H and O–H groups in total. The van der Waals surface area contributed by atoms with E-state index < -0.39 is 6.10 Å². The van der Waals surface area contributed by atoms with Gasteiger partial charge in [-0.3, -0.25) is 4.79 Å². The number of aromatic amines is 1. The Bertz CT molecular complexity index is 1010. The lowest BCUT2D eigenvalue weighted by atomic mass is 9.91. The summed E-state index contributed by atoms with van der Waals surface area (Å²) in [7, 11) is 0. The number of fused-ring (bicyclic) bond motifs is 2. The van der Waals surface area contributed by atoms with Crippen LogP contribution in [0.3, 0.4) is 0 Å². The van der Waals surface area contributed by atoms with Crippen LogP contribution in [0, 0.1) is 0 Å². The molecule has 0 saturated heterocycles. The molecule has 2 aromatic carbocycles. The Hall–Kier alpha value is -3.01. The number of nitrogens with one attached hydrogen (secondary N) is 2. The average molecular weight is 346 g/mol. The van der Waals surface area contributed by atoms with Crippen molar-refractivity contribution >= 4 is 16.7 Å². The molecule has 0 bridgehead atoms. The van der Waals surface area contributed by atoms with Crippen molar-refractivity contribution in [1.29, 1.82) is 0 Å². The summed E-state index contributed by atoms with van der Waals surface area (Å²) in [6.07, 6.45) is 3.29. The Morgan fingerprint density at radius 1 is 1.08 bits per heavy atom. The van der Waals surface area contributed by atoms with Crippen LogP contribution in [0.4, 0.5) is 0 Å². The van der Waals surface area contributed by atoms with Gasteiger partial charge in [0.2, 0.25) is 0 Å². The topological polar surface area (TPSA) is 54.1 Å². The maximum Gasteiger partial charge on any atom is 0.198 e. The minimum atomic E-state index is -0.455. The van der Waals surface area contributed by atoms with Gasteiger partial charge in [-0.1, -0.05) is 30.3 Å². The smallest absolute Gasteiger partial charge is 0.198 e. The van der Waals surface area contributed by atoms with Crippen LogP contribution >= 0.6 is 0 Å². The van der Waals surface area contributed by atoms with Crippen LogP contribution in [0.5, 0.6) is 5.75 Å². The van der Waals surface area contributed by atoms with E-state index in [-0.39, 0.29) is 11.3 Å². The Balaban J connectivity index is 1.86. The molecule has 4 nitrogen and oxygen atoms in total. The van der Waals surface area contributed by atoms with E-state index in [1.807, 2.05) is 60.9 Å². The number of para-hydroxylation sites is 2. The summed E-state index contributed by atoms with van der Waals surface area (Å²) in [5.74, 6) is 0.625. The summed E-state index contributed by atoms with van der Waals surface area (Å²) in [6, 6.07) is 15.5. The number of carbonyl (C=O) groups is 1. The largest absolute Gasteiger partial charge is 0.480 e. The first-order chi connectivity index (χ1) is 12.4. The second-order valence-corrected chi connectivity index (χ2v) is 7.61. The van der Waals surface area contributed by atoms with Gasteiger partial charge in [-0.25, -0.2) is 0 Å². The van der Waals surface area contributed by atoms with E-state index in [1.54, 1.807) is 0 Å². The van der Waals surface area contributed by atoms with Crippen molar-refractivity contribution in [2.75, 3.05) is 0 Å². The van der Waals surface area contributed by atoms with Crippen molar-refractivity contribution in [3.8, 4) is 5.75 Å². The van der Waals surface area contributed by atoms with Gasteiger partial charge in [0.1, 0.15) is 5.75 Å². The molecule has 4 rings (SSSR count). The van der Waals surface area contributed by atoms with Crippen molar-refractivity contribution in [3.05, 3.63) is 77.6 Å². The Labute approximate surface area is 152 Å². The van der Waals surface area contributed by atoms with Gasteiger partial charge < -0.3 is 15.0 Å². The molecule has 0 aliphatic carbocycles. The third-order valence-electron chi connectivity index (χ3n) is 4.49. The Morgan fingerprint density at radius 3 is 2.62 bits per heavy atom. The quantitative estimate of drug-likeness (QED) is 0.658. The summed E-state index contributed by atoms with van der Waals surface area (Å²) in [6.45, 7) is 6.19. The fourth-order valence-electron chi connectivity index (χ4n) is 3.20. The van der Waals surface area contributed by atoms with E-state index in [2.05, 4.69) is 31.1 Å². The van der Waals surface area contributed by atoms with Gasteiger partial charge in [0.05, 0.1) is 11.1 Å². The minimum absolute atomic E-state index is 0.00104. The highest BCUT2D eigenvalue weighted by molar-refractivity contribution is 6.12. The zero-order chi connectivity index (χ0) is 18.3. The third-order valence-corrected chi connectivity index (χ3v) is 4.49. The fraction of sp³-hybridized carbons (Fsp3) is 0.227. The second kappa shape index (κ2) is 6.06. The lowest BCUT2D eigenvalue weighted by Crippen LogP contribution is -2.34. The van der Waals surface area contributed by atoms with E-state index in [1.165, 1.54) is 0 Å². The third kappa shape index (κ3) is 2.88. The summed E-state index contributed by atoms with van der Waals surface area (Å²) >= 11 is 0. The van der Waals surface area contributed by atoms with Gasteiger partial charge in [0.25, 0.3) is 0 Å². The molecule has 1 aliphatic heterocycles. The van der Waals surface area contributed by atoms with Crippen molar-refractivity contribution in [3.63, 3.8) is 0 Å². The van der Waals surface area contributed by atoms with Crippen molar-refractivity contribution in [2.45, 2.75) is 32.4 Å². The number of hydrogen-bond acceptors (Lipinski definition) is 3. The zero-order valence-electron chi connectivity index (χ0n) is 15.2. The molecule has 2 heterocycles.